The van der Waals surface area contributed by atoms with Crippen LogP contribution in [0.3, 0.4) is 0 Å². The van der Waals surface area contributed by atoms with Gasteiger partial charge in [0.1, 0.15) is 11.4 Å². The van der Waals surface area contributed by atoms with Crippen LogP contribution in [0.4, 0.5) is 5.82 Å². The lowest BCUT2D eigenvalue weighted by Crippen LogP contribution is -2.19. The minimum absolute atomic E-state index is 0.250. The first-order chi connectivity index (χ1) is 8.61. The molecule has 98 valence electrons. The summed E-state index contributed by atoms with van der Waals surface area (Å²) in [6, 6.07) is 2.04. The van der Waals surface area contributed by atoms with E-state index in [-0.39, 0.29) is 6.04 Å². The molecule has 0 saturated heterocycles. The van der Waals surface area contributed by atoms with Crippen molar-refractivity contribution < 1.29 is 9.90 Å². The first-order valence-electron chi connectivity index (χ1n) is 6.64. The lowest BCUT2D eigenvalue weighted by atomic mass is 10.1. The molecule has 0 aliphatic heterocycles. The van der Waals surface area contributed by atoms with Crippen LogP contribution in [0.5, 0.6) is 0 Å². The fraction of sp³-hybridized carbons (Fsp3) is 0.571. The molecule has 1 aliphatic rings. The predicted molar refractivity (Wildman–Crippen MR) is 71.2 cm³/mol. The van der Waals surface area contributed by atoms with Crippen molar-refractivity contribution >= 4 is 11.8 Å². The van der Waals surface area contributed by atoms with Crippen LogP contribution in [0.25, 0.3) is 0 Å². The summed E-state index contributed by atoms with van der Waals surface area (Å²) in [5, 5.41) is 12.5. The van der Waals surface area contributed by atoms with Gasteiger partial charge < -0.3 is 10.4 Å². The first-order valence-corrected chi connectivity index (χ1v) is 6.64. The highest BCUT2D eigenvalue weighted by molar-refractivity contribution is 5.93. The average molecular weight is 248 g/mol. The van der Waals surface area contributed by atoms with Crippen LogP contribution < -0.4 is 5.32 Å². The molecule has 0 spiro atoms. The number of nitrogens with one attached hydrogen (secondary N) is 1. The Hall–Kier alpha value is -1.58. The molecule has 0 radical (unpaired) electrons. The van der Waals surface area contributed by atoms with E-state index in [1.807, 2.05) is 0 Å². The number of carboxylic acid groups (broad SMARTS) is 1. The predicted octanol–water partition coefficient (Wildman–Crippen LogP) is 2.87. The molecule has 2 N–H and O–H groups in total. The molecule has 4 nitrogen and oxygen atoms in total. The number of fused-ring (bicyclic) bond motifs is 1. The summed E-state index contributed by atoms with van der Waals surface area (Å²) >= 11 is 0. The van der Waals surface area contributed by atoms with Gasteiger partial charge in [-0.3, -0.25) is 0 Å². The largest absolute Gasteiger partial charge is 0.478 e. The topological polar surface area (TPSA) is 62.2 Å². The number of aromatic carboxylic acids is 1. The van der Waals surface area contributed by atoms with Gasteiger partial charge in [0.25, 0.3) is 0 Å². The number of nitrogens with zero attached hydrogens (tertiary/aromatic N) is 1. The number of hydrogen-bond donors (Lipinski definition) is 2. The summed E-state index contributed by atoms with van der Waals surface area (Å²) in [5.74, 6) is -0.368. The molecular weight excluding hydrogens is 228 g/mol. The van der Waals surface area contributed by atoms with Crippen LogP contribution in [0.1, 0.15) is 54.7 Å². The van der Waals surface area contributed by atoms with Crippen LogP contribution in [-0.4, -0.2) is 22.1 Å². The molecule has 2 rings (SSSR count). The maximum Gasteiger partial charge on any atom is 0.339 e. The third-order valence-electron chi connectivity index (χ3n) is 3.39. The number of aryl methyl sites for hydroxylation is 2. The van der Waals surface area contributed by atoms with Crippen LogP contribution in [-0.2, 0) is 12.8 Å². The normalized spacial score (nSPS) is 15.2. The van der Waals surface area contributed by atoms with Crippen molar-refractivity contribution in [1.82, 2.24) is 4.98 Å². The molecule has 1 heterocycles. The highest BCUT2D eigenvalue weighted by atomic mass is 16.4. The van der Waals surface area contributed by atoms with Crippen molar-refractivity contribution in [3.8, 4) is 0 Å². The van der Waals surface area contributed by atoms with Crippen molar-refractivity contribution in [2.45, 2.75) is 52.0 Å². The standard InChI is InChI=1S/C14H20N2O2/c1-3-5-9(2)15-13-11(14(17)18)8-10-6-4-7-12(10)16-13/h8-9H,3-7H2,1-2H3,(H,15,16)(H,17,18). The second-order valence-corrected chi connectivity index (χ2v) is 4.98. The van der Waals surface area contributed by atoms with E-state index < -0.39 is 5.97 Å². The van der Waals surface area contributed by atoms with E-state index in [1.54, 1.807) is 6.07 Å². The van der Waals surface area contributed by atoms with E-state index in [1.165, 1.54) is 0 Å². The molecule has 1 unspecified atom stereocenters. The molecule has 18 heavy (non-hydrogen) atoms. The summed E-state index contributed by atoms with van der Waals surface area (Å²) < 4.78 is 0. The molecule has 1 atom stereocenters. The number of anilines is 1. The Morgan fingerprint density at radius 1 is 1.56 bits per heavy atom. The average Bonchev–Trinajstić information content (AvgIpc) is 2.74. The highest BCUT2D eigenvalue weighted by Gasteiger charge is 2.20. The van der Waals surface area contributed by atoms with Gasteiger partial charge in [-0.15, -0.1) is 0 Å². The van der Waals surface area contributed by atoms with Crippen molar-refractivity contribution in [2.24, 2.45) is 0 Å². The smallest absolute Gasteiger partial charge is 0.339 e. The molecule has 0 bridgehead atoms. The first kappa shape index (κ1) is 12.9. The number of pyridine rings is 1. The highest BCUT2D eigenvalue weighted by Crippen LogP contribution is 2.26. The van der Waals surface area contributed by atoms with Crippen LogP contribution in [0.15, 0.2) is 6.07 Å². The SMILES string of the molecule is CCCC(C)Nc1nc2c(cc1C(=O)O)CCC2. The monoisotopic (exact) mass is 248 g/mol. The van der Waals surface area contributed by atoms with Crippen molar-refractivity contribution in [3.05, 3.63) is 22.9 Å². The third-order valence-corrected chi connectivity index (χ3v) is 3.39. The van der Waals surface area contributed by atoms with Gasteiger partial charge in [-0.05, 0) is 44.2 Å². The molecule has 0 aromatic carbocycles. The minimum Gasteiger partial charge on any atom is -0.478 e. The van der Waals surface area contributed by atoms with Gasteiger partial charge in [-0.2, -0.15) is 0 Å². The summed E-state index contributed by atoms with van der Waals surface area (Å²) in [6.45, 7) is 4.18. The van der Waals surface area contributed by atoms with Crippen LogP contribution in [0.2, 0.25) is 0 Å². The Morgan fingerprint density at radius 2 is 2.33 bits per heavy atom. The number of rotatable bonds is 5. The molecule has 1 aliphatic carbocycles. The van der Waals surface area contributed by atoms with E-state index in [4.69, 9.17) is 0 Å². The maximum absolute atomic E-state index is 11.3. The van der Waals surface area contributed by atoms with Crippen LogP contribution >= 0.6 is 0 Å². The molecule has 0 fully saturated rings. The Morgan fingerprint density at radius 3 is 3.00 bits per heavy atom. The summed E-state index contributed by atoms with van der Waals surface area (Å²) in [5.41, 5.74) is 2.46. The van der Waals surface area contributed by atoms with E-state index >= 15 is 0 Å². The fourth-order valence-electron chi connectivity index (χ4n) is 2.48. The van der Waals surface area contributed by atoms with E-state index in [0.29, 0.717) is 11.4 Å². The number of aromatic nitrogens is 1. The van der Waals surface area contributed by atoms with E-state index in [2.05, 4.69) is 24.1 Å². The van der Waals surface area contributed by atoms with Gasteiger partial charge in [0.2, 0.25) is 0 Å². The van der Waals surface area contributed by atoms with E-state index in [0.717, 1.165) is 43.4 Å². The van der Waals surface area contributed by atoms with Crippen LogP contribution in [0, 0.1) is 0 Å². The maximum atomic E-state index is 11.3. The third kappa shape index (κ3) is 2.63. The Balaban J connectivity index is 2.29. The Bertz CT molecular complexity index is 457. The molecule has 0 amide bonds. The molecular formula is C14H20N2O2. The Kier molecular flexibility index (Phi) is 3.84. The zero-order valence-corrected chi connectivity index (χ0v) is 11.0. The van der Waals surface area contributed by atoms with Crippen molar-refractivity contribution in [3.63, 3.8) is 0 Å². The second-order valence-electron chi connectivity index (χ2n) is 4.98. The number of hydrogen-bond acceptors (Lipinski definition) is 3. The molecule has 0 saturated carbocycles. The van der Waals surface area contributed by atoms with Gasteiger partial charge in [-0.25, -0.2) is 9.78 Å². The number of carboxylic acids is 1. The van der Waals surface area contributed by atoms with Gasteiger partial charge in [0.15, 0.2) is 0 Å². The van der Waals surface area contributed by atoms with Crippen molar-refractivity contribution in [1.29, 1.82) is 0 Å². The zero-order valence-electron chi connectivity index (χ0n) is 11.0. The second kappa shape index (κ2) is 5.38. The number of carbonyl (C=O) groups is 1. The summed E-state index contributed by atoms with van der Waals surface area (Å²) in [4.78, 5) is 15.8. The molecule has 1 aromatic heterocycles. The van der Waals surface area contributed by atoms with Gasteiger partial charge in [0.05, 0.1) is 0 Å². The quantitative estimate of drug-likeness (QED) is 0.841. The summed E-state index contributed by atoms with van der Waals surface area (Å²) in [7, 11) is 0. The minimum atomic E-state index is -0.900. The summed E-state index contributed by atoms with van der Waals surface area (Å²) in [6.07, 6.45) is 5.08. The van der Waals surface area contributed by atoms with Gasteiger partial charge in [-0.1, -0.05) is 13.3 Å². The molecule has 4 heteroatoms. The van der Waals surface area contributed by atoms with Crippen molar-refractivity contribution in [2.75, 3.05) is 5.32 Å². The van der Waals surface area contributed by atoms with Gasteiger partial charge in [0, 0.05) is 11.7 Å². The van der Waals surface area contributed by atoms with Gasteiger partial charge >= 0.3 is 5.97 Å². The Labute approximate surface area is 107 Å². The lowest BCUT2D eigenvalue weighted by Gasteiger charge is -2.16. The fourth-order valence-corrected chi connectivity index (χ4v) is 2.48. The molecule has 1 aromatic rings. The zero-order chi connectivity index (χ0) is 13.1. The van der Waals surface area contributed by atoms with E-state index in [9.17, 15) is 9.90 Å². The lowest BCUT2D eigenvalue weighted by molar-refractivity contribution is 0.0697.